The molecule has 0 heterocycles. The number of nitrogens with zero attached hydrogens (tertiary/aromatic N) is 1. The monoisotopic (exact) mass is 365 g/mol. The third kappa shape index (κ3) is 4.71. The molecule has 24 heavy (non-hydrogen) atoms. The predicted octanol–water partition coefficient (Wildman–Crippen LogP) is 3.08. The Hall–Kier alpha value is -2.58. The van der Waals surface area contributed by atoms with Crippen molar-refractivity contribution in [2.24, 2.45) is 5.73 Å². The minimum absolute atomic E-state index is 0.0102. The van der Waals surface area contributed by atoms with Crippen molar-refractivity contribution in [1.29, 1.82) is 0 Å². The van der Waals surface area contributed by atoms with E-state index in [1.165, 1.54) is 36.0 Å². The number of primary amides is 1. The van der Waals surface area contributed by atoms with Gasteiger partial charge in [0, 0.05) is 22.7 Å². The zero-order valence-corrected chi connectivity index (χ0v) is 13.8. The summed E-state index contributed by atoms with van der Waals surface area (Å²) in [5.41, 5.74) is 5.71. The van der Waals surface area contributed by atoms with Crippen molar-refractivity contribution in [1.82, 2.24) is 0 Å². The van der Waals surface area contributed by atoms with Gasteiger partial charge in [-0.3, -0.25) is 19.7 Å². The summed E-state index contributed by atoms with van der Waals surface area (Å²) in [4.78, 5) is 34.0. The topological polar surface area (TPSA) is 115 Å². The Morgan fingerprint density at radius 3 is 2.46 bits per heavy atom. The van der Waals surface area contributed by atoms with Gasteiger partial charge >= 0.3 is 0 Å². The first-order valence-corrected chi connectivity index (χ1v) is 7.99. The summed E-state index contributed by atoms with van der Waals surface area (Å²) in [5, 5.41) is 13.4. The quantitative estimate of drug-likeness (QED) is 0.463. The third-order valence-corrected chi connectivity index (χ3v) is 4.27. The van der Waals surface area contributed by atoms with Gasteiger partial charge in [0.05, 0.1) is 21.3 Å². The van der Waals surface area contributed by atoms with E-state index >= 15 is 0 Å². The van der Waals surface area contributed by atoms with Gasteiger partial charge in [-0.15, -0.1) is 11.8 Å². The van der Waals surface area contributed by atoms with Crippen LogP contribution in [-0.4, -0.2) is 22.5 Å². The summed E-state index contributed by atoms with van der Waals surface area (Å²) in [5.74, 6) is -0.876. The number of non-ortho nitro benzene ring substituents is 1. The van der Waals surface area contributed by atoms with Crippen LogP contribution in [0.2, 0.25) is 5.02 Å². The number of carbonyl (C=O) groups is 2. The van der Waals surface area contributed by atoms with E-state index in [0.717, 1.165) is 4.90 Å². The number of hydrogen-bond acceptors (Lipinski definition) is 5. The average molecular weight is 366 g/mol. The molecule has 2 aromatic carbocycles. The molecule has 0 saturated carbocycles. The summed E-state index contributed by atoms with van der Waals surface area (Å²) >= 11 is 7.07. The lowest BCUT2D eigenvalue weighted by Gasteiger charge is -2.07. The van der Waals surface area contributed by atoms with E-state index in [2.05, 4.69) is 5.32 Å². The fraction of sp³-hybridized carbons (Fsp3) is 0.0667. The summed E-state index contributed by atoms with van der Waals surface area (Å²) in [7, 11) is 0. The third-order valence-electron chi connectivity index (χ3n) is 2.93. The molecule has 0 atom stereocenters. The van der Waals surface area contributed by atoms with Crippen LogP contribution in [0.5, 0.6) is 0 Å². The Kier molecular flexibility index (Phi) is 5.78. The number of nitrogens with one attached hydrogen (secondary N) is 1. The highest BCUT2D eigenvalue weighted by atomic mass is 35.5. The molecular formula is C15H12ClN3O4S. The molecule has 0 aliphatic heterocycles. The summed E-state index contributed by atoms with van der Waals surface area (Å²) in [6.45, 7) is 0. The number of halogens is 1. The van der Waals surface area contributed by atoms with Crippen molar-refractivity contribution in [3.05, 3.63) is 63.2 Å². The second kappa shape index (κ2) is 7.80. The van der Waals surface area contributed by atoms with Crippen molar-refractivity contribution in [2.75, 3.05) is 11.1 Å². The highest BCUT2D eigenvalue weighted by Gasteiger charge is 2.10. The number of carbonyl (C=O) groups excluding carboxylic acids is 2. The zero-order valence-electron chi connectivity index (χ0n) is 12.2. The Morgan fingerprint density at radius 2 is 1.88 bits per heavy atom. The summed E-state index contributed by atoms with van der Waals surface area (Å²) in [6.07, 6.45) is 0. The van der Waals surface area contributed by atoms with Gasteiger partial charge in [-0.05, 0) is 30.3 Å². The van der Waals surface area contributed by atoms with Gasteiger partial charge in [-0.1, -0.05) is 11.6 Å². The SMILES string of the molecule is NC(=O)c1cc(NC(=O)CSc2ccc([N+](=O)[O-])cc2)ccc1Cl. The predicted molar refractivity (Wildman–Crippen MR) is 92.4 cm³/mol. The molecule has 0 radical (unpaired) electrons. The van der Waals surface area contributed by atoms with Crippen molar-refractivity contribution in [2.45, 2.75) is 4.90 Å². The number of nitro benzene ring substituents is 1. The molecule has 0 fully saturated rings. The van der Waals surface area contributed by atoms with Crippen LogP contribution in [-0.2, 0) is 4.79 Å². The van der Waals surface area contributed by atoms with Gasteiger partial charge in [0.15, 0.2) is 0 Å². The van der Waals surface area contributed by atoms with Crippen molar-refractivity contribution in [3.8, 4) is 0 Å². The van der Waals surface area contributed by atoms with Crippen LogP contribution >= 0.6 is 23.4 Å². The van der Waals surface area contributed by atoms with Crippen molar-refractivity contribution in [3.63, 3.8) is 0 Å². The first kappa shape index (κ1) is 17.8. The van der Waals surface area contributed by atoms with Gasteiger partial charge in [0.25, 0.3) is 5.69 Å². The number of benzene rings is 2. The first-order valence-electron chi connectivity index (χ1n) is 6.63. The Bertz CT molecular complexity index is 796. The maximum absolute atomic E-state index is 11.9. The molecule has 124 valence electrons. The minimum atomic E-state index is -0.684. The number of anilines is 1. The second-order valence-electron chi connectivity index (χ2n) is 4.65. The van der Waals surface area contributed by atoms with Gasteiger partial charge in [-0.2, -0.15) is 0 Å². The van der Waals surface area contributed by atoms with E-state index in [-0.39, 0.29) is 27.9 Å². The van der Waals surface area contributed by atoms with Crippen molar-refractivity contribution >= 4 is 46.6 Å². The number of hydrogen-bond donors (Lipinski definition) is 2. The lowest BCUT2D eigenvalue weighted by atomic mass is 10.2. The lowest BCUT2D eigenvalue weighted by Crippen LogP contribution is -2.16. The van der Waals surface area contributed by atoms with Gasteiger partial charge in [-0.25, -0.2) is 0 Å². The number of nitro groups is 1. The molecule has 9 heteroatoms. The average Bonchev–Trinajstić information content (AvgIpc) is 2.55. The first-order chi connectivity index (χ1) is 11.4. The maximum Gasteiger partial charge on any atom is 0.269 e. The van der Waals surface area contributed by atoms with Crippen LogP contribution in [0.25, 0.3) is 0 Å². The van der Waals surface area contributed by atoms with Gasteiger partial charge < -0.3 is 11.1 Å². The minimum Gasteiger partial charge on any atom is -0.366 e. The highest BCUT2D eigenvalue weighted by Crippen LogP contribution is 2.23. The zero-order chi connectivity index (χ0) is 17.7. The van der Waals surface area contributed by atoms with Gasteiger partial charge in [0.2, 0.25) is 11.8 Å². The molecule has 2 amide bonds. The normalized spacial score (nSPS) is 10.2. The summed E-state index contributed by atoms with van der Waals surface area (Å²) in [6, 6.07) is 10.3. The van der Waals surface area contributed by atoms with Crippen LogP contribution in [0, 0.1) is 10.1 Å². The fourth-order valence-electron chi connectivity index (χ4n) is 1.80. The molecule has 0 aliphatic carbocycles. The van der Waals surface area contributed by atoms with Gasteiger partial charge in [0.1, 0.15) is 0 Å². The van der Waals surface area contributed by atoms with E-state index in [4.69, 9.17) is 17.3 Å². The fourth-order valence-corrected chi connectivity index (χ4v) is 2.71. The standard InChI is InChI=1S/C15H12ClN3O4S/c16-13-6-1-9(7-12(13)15(17)21)18-14(20)8-24-11-4-2-10(3-5-11)19(22)23/h1-7H,8H2,(H2,17,21)(H,18,20). The van der Waals surface area contributed by atoms with Crippen molar-refractivity contribution < 1.29 is 14.5 Å². The molecule has 0 unspecified atom stereocenters. The van der Waals surface area contributed by atoms with E-state index in [1.807, 2.05) is 0 Å². The van der Waals surface area contributed by atoms with E-state index < -0.39 is 10.8 Å². The highest BCUT2D eigenvalue weighted by molar-refractivity contribution is 8.00. The molecule has 2 rings (SSSR count). The van der Waals surface area contributed by atoms with E-state index in [1.54, 1.807) is 18.2 Å². The van der Waals surface area contributed by atoms with E-state index in [0.29, 0.717) is 5.69 Å². The van der Waals surface area contributed by atoms with Crippen LogP contribution in [0.1, 0.15) is 10.4 Å². The molecule has 2 aromatic rings. The lowest BCUT2D eigenvalue weighted by molar-refractivity contribution is -0.384. The number of nitrogens with two attached hydrogens (primary N) is 1. The van der Waals surface area contributed by atoms with E-state index in [9.17, 15) is 19.7 Å². The second-order valence-corrected chi connectivity index (χ2v) is 6.10. The van der Waals surface area contributed by atoms with Crippen LogP contribution in [0.15, 0.2) is 47.4 Å². The molecule has 3 N–H and O–H groups in total. The largest absolute Gasteiger partial charge is 0.366 e. The molecule has 0 aromatic heterocycles. The number of amides is 2. The summed E-state index contributed by atoms with van der Waals surface area (Å²) < 4.78 is 0. The molecule has 0 saturated heterocycles. The van der Waals surface area contributed by atoms with Crippen LogP contribution in [0.4, 0.5) is 11.4 Å². The van der Waals surface area contributed by atoms with Crippen LogP contribution < -0.4 is 11.1 Å². The van der Waals surface area contributed by atoms with Crippen LogP contribution in [0.3, 0.4) is 0 Å². The molecule has 0 aliphatic rings. The Labute approximate surface area is 146 Å². The number of thioether (sulfide) groups is 1. The molecule has 0 bridgehead atoms. The molecule has 7 nitrogen and oxygen atoms in total. The molecule has 0 spiro atoms. The Morgan fingerprint density at radius 1 is 1.21 bits per heavy atom. The molecular weight excluding hydrogens is 354 g/mol. The Balaban J connectivity index is 1.95. The smallest absolute Gasteiger partial charge is 0.269 e. The number of rotatable bonds is 6. The maximum atomic E-state index is 11.9.